The zero-order valence-electron chi connectivity index (χ0n) is 11.8. The third-order valence-electron chi connectivity index (χ3n) is 3.27. The van der Waals surface area contributed by atoms with E-state index in [0.717, 1.165) is 16.7 Å². The summed E-state index contributed by atoms with van der Waals surface area (Å²) in [6.07, 6.45) is 0. The Bertz CT molecular complexity index is 637. The molecule has 5 heteroatoms. The smallest absolute Gasteiger partial charge is 0.143 e. The van der Waals surface area contributed by atoms with E-state index in [1.165, 1.54) is 0 Å². The van der Waals surface area contributed by atoms with Crippen LogP contribution in [0.25, 0.3) is 0 Å². The Labute approximate surface area is 119 Å². The Morgan fingerprint density at radius 2 is 1.50 bits per heavy atom. The van der Waals surface area contributed by atoms with Crippen LogP contribution in [0.1, 0.15) is 16.7 Å². The Hall–Kier alpha value is -2.30. The minimum Gasteiger partial charge on any atom is -0.506 e. The van der Waals surface area contributed by atoms with Crippen LogP contribution in [0.3, 0.4) is 0 Å². The zero-order chi connectivity index (χ0) is 14.9. The number of hydrogen-bond donors (Lipinski definition) is 2. The van der Waals surface area contributed by atoms with Crippen molar-refractivity contribution in [2.75, 3.05) is 5.73 Å². The van der Waals surface area contributed by atoms with Crippen LogP contribution in [0.15, 0.2) is 34.5 Å². The van der Waals surface area contributed by atoms with Crippen molar-refractivity contribution in [3.8, 4) is 5.75 Å². The molecule has 20 heavy (non-hydrogen) atoms. The maximum Gasteiger partial charge on any atom is 0.143 e. The molecule has 0 aromatic heterocycles. The molecule has 4 nitrogen and oxygen atoms in total. The van der Waals surface area contributed by atoms with Gasteiger partial charge in [0.05, 0.1) is 5.69 Å². The van der Waals surface area contributed by atoms with Crippen LogP contribution in [0.5, 0.6) is 5.75 Å². The molecule has 2 aromatic rings. The summed E-state index contributed by atoms with van der Waals surface area (Å²) in [5.74, 6) is 0.0931. The van der Waals surface area contributed by atoms with Gasteiger partial charge in [0.1, 0.15) is 25.0 Å². The highest BCUT2D eigenvalue weighted by Gasteiger charge is 2.05. The Morgan fingerprint density at radius 3 is 2.20 bits per heavy atom. The van der Waals surface area contributed by atoms with E-state index in [0.29, 0.717) is 22.5 Å². The van der Waals surface area contributed by atoms with Crippen LogP contribution < -0.4 is 11.2 Å². The Kier molecular flexibility index (Phi) is 3.79. The van der Waals surface area contributed by atoms with Crippen molar-refractivity contribution in [1.82, 2.24) is 0 Å². The van der Waals surface area contributed by atoms with E-state index in [1.807, 2.05) is 20.8 Å². The summed E-state index contributed by atoms with van der Waals surface area (Å²) >= 11 is 0. The van der Waals surface area contributed by atoms with E-state index < -0.39 is 0 Å². The molecule has 0 saturated carbocycles. The highest BCUT2D eigenvalue weighted by atomic mass is 16.3. The summed E-state index contributed by atoms with van der Waals surface area (Å²) in [6, 6.07) is 6.87. The van der Waals surface area contributed by atoms with Gasteiger partial charge in [-0.15, -0.1) is 10.2 Å². The van der Waals surface area contributed by atoms with E-state index in [-0.39, 0.29) is 5.75 Å². The molecule has 0 fully saturated rings. The minimum absolute atomic E-state index is 0.0931. The molecule has 0 aliphatic heterocycles. The number of aromatic hydroxyl groups is 1. The monoisotopic (exact) mass is 265 g/mol. The molecule has 0 heterocycles. The zero-order valence-corrected chi connectivity index (χ0v) is 11.8. The lowest BCUT2D eigenvalue weighted by Crippen LogP contribution is -2.07. The average Bonchev–Trinajstić information content (AvgIpc) is 2.37. The van der Waals surface area contributed by atoms with E-state index in [1.54, 1.807) is 24.3 Å². The highest BCUT2D eigenvalue weighted by Crippen LogP contribution is 2.32. The molecular formula is C15H16BN3O. The first-order chi connectivity index (χ1) is 9.38. The molecule has 2 rings (SSSR count). The summed E-state index contributed by atoms with van der Waals surface area (Å²) in [7, 11) is 5.83. The van der Waals surface area contributed by atoms with Crippen LogP contribution in [-0.4, -0.2) is 13.0 Å². The largest absolute Gasteiger partial charge is 0.506 e. The fourth-order valence-electron chi connectivity index (χ4n) is 1.80. The first-order valence-electron chi connectivity index (χ1n) is 6.26. The van der Waals surface area contributed by atoms with Crippen molar-refractivity contribution >= 4 is 30.4 Å². The first kappa shape index (κ1) is 14.1. The maximum atomic E-state index is 9.85. The third kappa shape index (κ3) is 2.82. The molecule has 2 aromatic carbocycles. The molecule has 0 atom stereocenters. The standard InChI is InChI=1S/C15H16BN3O/c1-8-5-14(15(20)6-9(8)2)19-18-13-7-11(16)10(3)4-12(13)17/h4-7,20H,17H2,1-3H3. The second kappa shape index (κ2) is 5.37. The molecule has 3 N–H and O–H groups in total. The van der Waals surface area contributed by atoms with Crippen molar-refractivity contribution in [1.29, 1.82) is 0 Å². The van der Waals surface area contributed by atoms with Crippen LogP contribution in [0.4, 0.5) is 17.1 Å². The van der Waals surface area contributed by atoms with Gasteiger partial charge in [-0.1, -0.05) is 11.0 Å². The van der Waals surface area contributed by atoms with Crippen LogP contribution in [0, 0.1) is 20.8 Å². The second-order valence-electron chi connectivity index (χ2n) is 4.89. The van der Waals surface area contributed by atoms with Crippen molar-refractivity contribution < 1.29 is 5.11 Å². The molecule has 2 radical (unpaired) electrons. The van der Waals surface area contributed by atoms with Crippen LogP contribution >= 0.6 is 0 Å². The van der Waals surface area contributed by atoms with E-state index in [4.69, 9.17) is 13.6 Å². The molecule has 0 aliphatic rings. The topological polar surface area (TPSA) is 71.0 Å². The highest BCUT2D eigenvalue weighted by molar-refractivity contribution is 6.33. The summed E-state index contributed by atoms with van der Waals surface area (Å²) in [6.45, 7) is 5.75. The van der Waals surface area contributed by atoms with E-state index in [2.05, 4.69) is 10.2 Å². The number of phenols is 1. The van der Waals surface area contributed by atoms with Gasteiger partial charge in [-0.3, -0.25) is 0 Å². The predicted molar refractivity (Wildman–Crippen MR) is 82.7 cm³/mol. The normalized spacial score (nSPS) is 11.2. The summed E-state index contributed by atoms with van der Waals surface area (Å²) < 4.78 is 0. The third-order valence-corrected chi connectivity index (χ3v) is 3.27. The van der Waals surface area contributed by atoms with Gasteiger partial charge in [0.25, 0.3) is 0 Å². The maximum absolute atomic E-state index is 9.85. The van der Waals surface area contributed by atoms with Crippen LogP contribution in [0.2, 0.25) is 0 Å². The molecule has 0 spiro atoms. The number of nitrogen functional groups attached to an aromatic ring is 1. The number of hydrogen-bond acceptors (Lipinski definition) is 4. The number of nitrogens with zero attached hydrogens (tertiary/aromatic N) is 2. The number of aryl methyl sites for hydroxylation is 3. The van der Waals surface area contributed by atoms with Gasteiger partial charge in [-0.05, 0) is 56.2 Å². The predicted octanol–water partition coefficient (Wildman–Crippen LogP) is 3.11. The molecule has 0 saturated heterocycles. The summed E-state index contributed by atoms with van der Waals surface area (Å²) in [5.41, 5.74) is 10.8. The van der Waals surface area contributed by atoms with Gasteiger partial charge < -0.3 is 10.8 Å². The van der Waals surface area contributed by atoms with Gasteiger partial charge >= 0.3 is 0 Å². The van der Waals surface area contributed by atoms with Gasteiger partial charge in [-0.2, -0.15) is 0 Å². The number of phenolic OH excluding ortho intramolecular Hbond substituents is 1. The summed E-state index contributed by atoms with van der Waals surface area (Å²) in [4.78, 5) is 0. The van der Waals surface area contributed by atoms with Crippen molar-refractivity contribution in [2.24, 2.45) is 10.2 Å². The fraction of sp³-hybridized carbons (Fsp3) is 0.200. The summed E-state index contributed by atoms with van der Waals surface area (Å²) in [5, 5.41) is 18.0. The molecule has 0 unspecified atom stereocenters. The Morgan fingerprint density at radius 1 is 0.900 bits per heavy atom. The quantitative estimate of drug-likeness (QED) is 0.497. The minimum atomic E-state index is 0.0931. The molecule has 100 valence electrons. The lowest BCUT2D eigenvalue weighted by atomic mass is 9.90. The second-order valence-corrected chi connectivity index (χ2v) is 4.89. The van der Waals surface area contributed by atoms with Crippen molar-refractivity contribution in [2.45, 2.75) is 20.8 Å². The number of anilines is 1. The van der Waals surface area contributed by atoms with Gasteiger partial charge in [0.15, 0.2) is 0 Å². The van der Waals surface area contributed by atoms with Gasteiger partial charge in [-0.25, -0.2) is 0 Å². The fourth-order valence-corrected chi connectivity index (χ4v) is 1.80. The van der Waals surface area contributed by atoms with Gasteiger partial charge in [0, 0.05) is 0 Å². The molecule has 0 amide bonds. The molecular weight excluding hydrogens is 249 g/mol. The van der Waals surface area contributed by atoms with Crippen molar-refractivity contribution in [3.05, 3.63) is 41.0 Å². The lowest BCUT2D eigenvalue weighted by Gasteiger charge is -2.06. The molecule has 0 aliphatic carbocycles. The SMILES string of the molecule is [B]c1cc(N=Nc2cc(C)c(C)cc2O)c(N)cc1C. The lowest BCUT2D eigenvalue weighted by molar-refractivity contribution is 0.476. The number of azo groups is 1. The first-order valence-corrected chi connectivity index (χ1v) is 6.26. The van der Waals surface area contributed by atoms with E-state index in [9.17, 15) is 5.11 Å². The number of benzene rings is 2. The van der Waals surface area contributed by atoms with Gasteiger partial charge in [0.2, 0.25) is 0 Å². The Balaban J connectivity index is 2.39. The van der Waals surface area contributed by atoms with E-state index >= 15 is 0 Å². The average molecular weight is 265 g/mol. The molecule has 0 bridgehead atoms. The number of nitrogens with two attached hydrogens (primary N) is 1. The van der Waals surface area contributed by atoms with Crippen LogP contribution in [-0.2, 0) is 0 Å². The number of rotatable bonds is 2. The van der Waals surface area contributed by atoms with Crippen molar-refractivity contribution in [3.63, 3.8) is 0 Å².